The number of halogens is 2. The van der Waals surface area contributed by atoms with Gasteiger partial charge in [-0.05, 0) is 31.2 Å². The number of aliphatic hydroxyl groups excluding tert-OH is 1. The van der Waals surface area contributed by atoms with Gasteiger partial charge in [0.2, 0.25) is 5.91 Å². The maximum absolute atomic E-state index is 14.5. The summed E-state index contributed by atoms with van der Waals surface area (Å²) in [5.41, 5.74) is 0.758. The summed E-state index contributed by atoms with van der Waals surface area (Å²) in [6, 6.07) is 7.44. The van der Waals surface area contributed by atoms with Crippen LogP contribution in [0.1, 0.15) is 20.3 Å². The standard InChI is InChI=1S/C26H31ClFN5O4/c1-14(2)20(12-34)32-26(35)21-8-15(11-33(21)3)37-23-9-16-19(10-22(23)36-4)29-13-30-25(16)31-18-7-5-6-17(27)24(18)28/h5-7,9-10,13-15,20-21,34H,8,11-12H2,1-4H3,(H,32,35)(H,29,30,31)/t15-,20+,21+/m0/s1. The third-order valence-corrected chi connectivity index (χ3v) is 6.85. The molecule has 0 bridgehead atoms. The number of nitrogens with zero attached hydrogens (tertiary/aromatic N) is 3. The summed E-state index contributed by atoms with van der Waals surface area (Å²) in [5, 5.41) is 16.1. The molecule has 0 saturated carbocycles. The number of carbonyl (C=O) groups excluding carboxylic acids is 1. The summed E-state index contributed by atoms with van der Waals surface area (Å²) in [7, 11) is 3.40. The fraction of sp³-hybridized carbons (Fsp3) is 0.423. The molecule has 0 spiro atoms. The third kappa shape index (κ3) is 5.87. The van der Waals surface area contributed by atoms with Gasteiger partial charge in [-0.2, -0.15) is 0 Å². The van der Waals surface area contributed by atoms with Gasteiger partial charge < -0.3 is 25.2 Å². The number of aliphatic hydroxyl groups is 1. The topological polar surface area (TPSA) is 109 Å². The van der Waals surface area contributed by atoms with Crippen LogP contribution in [0.4, 0.5) is 15.9 Å². The average molecular weight is 532 g/mol. The maximum atomic E-state index is 14.5. The minimum Gasteiger partial charge on any atom is -0.493 e. The number of methoxy groups -OCH3 is 1. The SMILES string of the molecule is COc1cc2ncnc(Nc3cccc(Cl)c3F)c2cc1O[C@H]1C[C@H](C(=O)N[C@H](CO)C(C)C)N(C)C1. The van der Waals surface area contributed by atoms with Crippen molar-refractivity contribution in [1.82, 2.24) is 20.2 Å². The van der Waals surface area contributed by atoms with Crippen molar-refractivity contribution in [3.8, 4) is 11.5 Å². The van der Waals surface area contributed by atoms with Gasteiger partial charge in [0.05, 0.1) is 42.0 Å². The number of aromatic nitrogens is 2. The highest BCUT2D eigenvalue weighted by atomic mass is 35.5. The molecule has 1 fully saturated rings. The monoisotopic (exact) mass is 531 g/mol. The van der Waals surface area contributed by atoms with Gasteiger partial charge >= 0.3 is 0 Å². The van der Waals surface area contributed by atoms with Crippen LogP contribution in [0.15, 0.2) is 36.7 Å². The Labute approximate surface area is 219 Å². The van der Waals surface area contributed by atoms with E-state index in [0.29, 0.717) is 41.2 Å². The molecule has 1 saturated heterocycles. The number of benzene rings is 2. The van der Waals surface area contributed by atoms with Gasteiger partial charge in [-0.1, -0.05) is 31.5 Å². The number of fused-ring (bicyclic) bond motifs is 1. The summed E-state index contributed by atoms with van der Waals surface area (Å²) < 4.78 is 26.4. The lowest BCUT2D eigenvalue weighted by Crippen LogP contribution is -2.48. The molecule has 3 N–H and O–H groups in total. The summed E-state index contributed by atoms with van der Waals surface area (Å²) in [6.07, 6.45) is 1.55. The lowest BCUT2D eigenvalue weighted by atomic mass is 10.0. The molecule has 37 heavy (non-hydrogen) atoms. The average Bonchev–Trinajstić information content (AvgIpc) is 3.24. The summed E-state index contributed by atoms with van der Waals surface area (Å²) in [6.45, 7) is 4.30. The molecular formula is C26H31ClFN5O4. The predicted molar refractivity (Wildman–Crippen MR) is 140 cm³/mol. The molecule has 2 heterocycles. The summed E-state index contributed by atoms with van der Waals surface area (Å²) >= 11 is 5.93. The lowest BCUT2D eigenvalue weighted by Gasteiger charge is -2.24. The predicted octanol–water partition coefficient (Wildman–Crippen LogP) is 3.76. The fourth-order valence-corrected chi connectivity index (χ4v) is 4.54. The first-order valence-electron chi connectivity index (χ1n) is 12.0. The first kappa shape index (κ1) is 26.8. The molecule has 0 unspecified atom stereocenters. The van der Waals surface area contributed by atoms with Crippen molar-refractivity contribution in [3.63, 3.8) is 0 Å². The van der Waals surface area contributed by atoms with Crippen molar-refractivity contribution in [3.05, 3.63) is 47.5 Å². The largest absolute Gasteiger partial charge is 0.493 e. The van der Waals surface area contributed by atoms with Crippen LogP contribution in [0, 0.1) is 11.7 Å². The molecule has 0 aliphatic carbocycles. The highest BCUT2D eigenvalue weighted by molar-refractivity contribution is 6.31. The highest BCUT2D eigenvalue weighted by Crippen LogP contribution is 2.37. The zero-order valence-electron chi connectivity index (χ0n) is 21.2. The third-order valence-electron chi connectivity index (χ3n) is 6.56. The molecule has 1 aliphatic rings. The van der Waals surface area contributed by atoms with Crippen LogP contribution >= 0.6 is 11.6 Å². The first-order chi connectivity index (χ1) is 17.7. The van der Waals surface area contributed by atoms with Crippen LogP contribution in [0.3, 0.4) is 0 Å². The molecule has 1 aliphatic heterocycles. The number of nitrogens with one attached hydrogen (secondary N) is 2. The fourth-order valence-electron chi connectivity index (χ4n) is 4.37. The molecule has 2 aromatic carbocycles. The number of anilines is 2. The van der Waals surface area contributed by atoms with E-state index >= 15 is 0 Å². The second-order valence-corrected chi connectivity index (χ2v) is 9.85. The van der Waals surface area contributed by atoms with E-state index in [-0.39, 0.29) is 41.3 Å². The van der Waals surface area contributed by atoms with E-state index in [4.69, 9.17) is 21.1 Å². The molecule has 198 valence electrons. The quantitative estimate of drug-likeness (QED) is 0.383. The Morgan fingerprint density at radius 1 is 1.30 bits per heavy atom. The maximum Gasteiger partial charge on any atom is 0.237 e. The Balaban J connectivity index is 1.57. The Morgan fingerprint density at radius 3 is 2.78 bits per heavy atom. The van der Waals surface area contributed by atoms with E-state index in [1.54, 1.807) is 24.3 Å². The van der Waals surface area contributed by atoms with Crippen LogP contribution in [-0.4, -0.2) is 71.4 Å². The molecule has 11 heteroatoms. The van der Waals surface area contributed by atoms with E-state index < -0.39 is 11.9 Å². The number of hydrogen-bond acceptors (Lipinski definition) is 8. The first-order valence-corrected chi connectivity index (χ1v) is 12.4. The van der Waals surface area contributed by atoms with Crippen LogP contribution < -0.4 is 20.1 Å². The van der Waals surface area contributed by atoms with Crippen LogP contribution in [-0.2, 0) is 4.79 Å². The van der Waals surface area contributed by atoms with Gasteiger partial charge in [0.25, 0.3) is 0 Å². The Bertz CT molecular complexity index is 1280. The molecule has 1 amide bonds. The number of amides is 1. The molecule has 3 atom stereocenters. The number of rotatable bonds is 9. The van der Waals surface area contributed by atoms with Gasteiger partial charge in [0, 0.05) is 24.4 Å². The van der Waals surface area contributed by atoms with Crippen LogP contribution in [0.5, 0.6) is 11.5 Å². The highest BCUT2D eigenvalue weighted by Gasteiger charge is 2.37. The van der Waals surface area contributed by atoms with E-state index in [1.807, 2.05) is 25.8 Å². The van der Waals surface area contributed by atoms with E-state index in [9.17, 15) is 14.3 Å². The van der Waals surface area contributed by atoms with Crippen LogP contribution in [0.25, 0.3) is 10.9 Å². The number of likely N-dealkylation sites (tertiary alicyclic amines) is 1. The molecule has 4 rings (SSSR count). The number of likely N-dealkylation sites (N-methyl/N-ethyl adjacent to an activating group) is 1. The van der Waals surface area contributed by atoms with Gasteiger partial charge in [0.1, 0.15) is 18.2 Å². The van der Waals surface area contributed by atoms with Gasteiger partial charge in [-0.15, -0.1) is 0 Å². The molecule has 9 nitrogen and oxygen atoms in total. The molecule has 1 aromatic heterocycles. The lowest BCUT2D eigenvalue weighted by molar-refractivity contribution is -0.126. The van der Waals surface area contributed by atoms with Gasteiger partial charge in [-0.25, -0.2) is 14.4 Å². The Morgan fingerprint density at radius 2 is 2.08 bits per heavy atom. The Hall–Kier alpha value is -3.21. The second-order valence-electron chi connectivity index (χ2n) is 9.44. The molecule has 0 radical (unpaired) electrons. The minimum atomic E-state index is -0.583. The summed E-state index contributed by atoms with van der Waals surface area (Å²) in [4.78, 5) is 23.4. The Kier molecular flexibility index (Phi) is 8.31. The van der Waals surface area contributed by atoms with Crippen molar-refractivity contribution in [2.24, 2.45) is 5.92 Å². The number of carbonyl (C=O) groups is 1. The van der Waals surface area contributed by atoms with Crippen molar-refractivity contribution in [2.45, 2.75) is 38.5 Å². The summed E-state index contributed by atoms with van der Waals surface area (Å²) in [5.74, 6) is 0.689. The van der Waals surface area contributed by atoms with Crippen molar-refractivity contribution >= 4 is 39.9 Å². The van der Waals surface area contributed by atoms with Crippen molar-refractivity contribution < 1.29 is 23.8 Å². The van der Waals surface area contributed by atoms with Crippen molar-refractivity contribution in [1.29, 1.82) is 0 Å². The smallest absolute Gasteiger partial charge is 0.237 e. The van der Waals surface area contributed by atoms with E-state index in [2.05, 4.69) is 20.6 Å². The second kappa shape index (κ2) is 11.5. The zero-order valence-corrected chi connectivity index (χ0v) is 21.9. The van der Waals surface area contributed by atoms with Crippen LogP contribution in [0.2, 0.25) is 5.02 Å². The van der Waals surface area contributed by atoms with Gasteiger partial charge in [0.15, 0.2) is 17.3 Å². The number of hydrogen-bond donors (Lipinski definition) is 3. The van der Waals surface area contributed by atoms with Crippen molar-refractivity contribution in [2.75, 3.05) is 32.6 Å². The normalized spacial score (nSPS) is 18.7. The van der Waals surface area contributed by atoms with E-state index in [0.717, 1.165) is 0 Å². The molecule has 3 aromatic rings. The molecular weight excluding hydrogens is 501 g/mol. The minimum absolute atomic E-state index is 0.00305. The number of ether oxygens (including phenoxy) is 2. The van der Waals surface area contributed by atoms with Gasteiger partial charge in [-0.3, -0.25) is 9.69 Å². The van der Waals surface area contributed by atoms with E-state index in [1.165, 1.54) is 19.5 Å². The zero-order chi connectivity index (χ0) is 26.7.